The third-order valence-corrected chi connectivity index (χ3v) is 6.29. The number of aromatic nitrogens is 2. The maximum absolute atomic E-state index is 13.4. The van der Waals surface area contributed by atoms with Gasteiger partial charge in [-0.05, 0) is 49.7 Å². The number of hydrogen-bond acceptors (Lipinski definition) is 6. The van der Waals surface area contributed by atoms with E-state index in [2.05, 4.69) is 32.1 Å². The summed E-state index contributed by atoms with van der Waals surface area (Å²) in [6, 6.07) is 6.18. The predicted octanol–water partition coefficient (Wildman–Crippen LogP) is 2.78. The number of piperidine rings is 1. The Morgan fingerprint density at radius 2 is 1.88 bits per heavy atom. The second-order valence-corrected chi connectivity index (χ2v) is 8.69. The Bertz CT molecular complexity index is 961. The van der Waals surface area contributed by atoms with Gasteiger partial charge >= 0.3 is 6.18 Å². The van der Waals surface area contributed by atoms with Crippen LogP contribution in [0.2, 0.25) is 0 Å². The van der Waals surface area contributed by atoms with Gasteiger partial charge in [-0.1, -0.05) is 0 Å². The molecule has 10 heteroatoms. The van der Waals surface area contributed by atoms with Gasteiger partial charge < -0.3 is 20.0 Å². The molecular formula is C23H29F3N6O. The van der Waals surface area contributed by atoms with Gasteiger partial charge in [-0.2, -0.15) is 13.2 Å². The predicted molar refractivity (Wildman–Crippen MR) is 120 cm³/mol. The molecule has 1 amide bonds. The summed E-state index contributed by atoms with van der Waals surface area (Å²) in [5, 5.41) is 2.96. The number of halogens is 3. The number of carbonyl (C=O) groups is 1. The molecule has 2 saturated heterocycles. The molecule has 0 saturated carbocycles. The third kappa shape index (κ3) is 5.73. The van der Waals surface area contributed by atoms with Crippen molar-refractivity contribution in [2.75, 3.05) is 56.1 Å². The van der Waals surface area contributed by atoms with E-state index in [0.717, 1.165) is 43.6 Å². The van der Waals surface area contributed by atoms with Gasteiger partial charge in [-0.25, -0.2) is 9.97 Å². The molecule has 2 aliphatic rings. The number of nitrogens with zero attached hydrogens (tertiary/aromatic N) is 5. The fourth-order valence-electron chi connectivity index (χ4n) is 4.37. The lowest BCUT2D eigenvalue weighted by Gasteiger charge is -2.34. The Morgan fingerprint density at radius 1 is 1.09 bits per heavy atom. The zero-order valence-corrected chi connectivity index (χ0v) is 18.7. The van der Waals surface area contributed by atoms with Gasteiger partial charge in [0.1, 0.15) is 11.6 Å². The number of rotatable bonds is 5. The quantitative estimate of drug-likeness (QED) is 0.737. The zero-order chi connectivity index (χ0) is 23.4. The SMILES string of the molecule is CN1CCN(c2cc(CNC(=O)C3CCCN(c4ncccc4C(F)(F)F)C3)ccn2)CC1. The first-order valence-electron chi connectivity index (χ1n) is 11.2. The minimum Gasteiger partial charge on any atom is -0.355 e. The Hall–Kier alpha value is -2.88. The second kappa shape index (κ2) is 9.94. The van der Waals surface area contributed by atoms with E-state index in [1.807, 2.05) is 12.1 Å². The van der Waals surface area contributed by atoms with Crippen LogP contribution in [0, 0.1) is 5.92 Å². The van der Waals surface area contributed by atoms with E-state index >= 15 is 0 Å². The molecule has 2 aliphatic heterocycles. The van der Waals surface area contributed by atoms with Gasteiger partial charge in [0.25, 0.3) is 0 Å². The highest BCUT2D eigenvalue weighted by Gasteiger charge is 2.37. The van der Waals surface area contributed by atoms with E-state index in [1.54, 1.807) is 11.1 Å². The van der Waals surface area contributed by atoms with E-state index in [9.17, 15) is 18.0 Å². The summed E-state index contributed by atoms with van der Waals surface area (Å²) in [5.74, 6) is 0.255. The first-order valence-corrected chi connectivity index (χ1v) is 11.2. The lowest BCUT2D eigenvalue weighted by atomic mass is 9.96. The molecule has 178 valence electrons. The maximum atomic E-state index is 13.4. The number of nitrogens with one attached hydrogen (secondary N) is 1. The van der Waals surface area contributed by atoms with Crippen molar-refractivity contribution >= 4 is 17.5 Å². The third-order valence-electron chi connectivity index (χ3n) is 6.29. The average Bonchev–Trinajstić information content (AvgIpc) is 2.83. The standard InChI is InChI=1S/C23H29F3N6O/c1-30-10-12-31(13-11-30)20-14-17(6-8-27-20)15-29-22(33)18-4-3-9-32(16-18)21-19(23(24,25)26)5-2-7-28-21/h2,5-8,14,18H,3-4,9-13,15-16H2,1H3,(H,29,33). The van der Waals surface area contributed by atoms with E-state index in [4.69, 9.17) is 0 Å². The number of piperazine rings is 1. The van der Waals surface area contributed by atoms with Gasteiger partial charge in [-0.15, -0.1) is 0 Å². The fraction of sp³-hybridized carbons (Fsp3) is 0.522. The molecule has 33 heavy (non-hydrogen) atoms. The molecular weight excluding hydrogens is 433 g/mol. The van der Waals surface area contributed by atoms with Crippen LogP contribution >= 0.6 is 0 Å². The smallest absolute Gasteiger partial charge is 0.355 e. The number of likely N-dealkylation sites (N-methyl/N-ethyl adjacent to an activating group) is 1. The molecule has 0 radical (unpaired) electrons. The van der Waals surface area contributed by atoms with Crippen molar-refractivity contribution in [2.24, 2.45) is 5.92 Å². The molecule has 0 aliphatic carbocycles. The summed E-state index contributed by atoms with van der Waals surface area (Å²) >= 11 is 0. The number of hydrogen-bond donors (Lipinski definition) is 1. The maximum Gasteiger partial charge on any atom is 0.419 e. The fourth-order valence-corrected chi connectivity index (χ4v) is 4.37. The largest absolute Gasteiger partial charge is 0.419 e. The minimum atomic E-state index is -4.48. The van der Waals surface area contributed by atoms with E-state index in [1.165, 1.54) is 12.3 Å². The van der Waals surface area contributed by atoms with Crippen LogP contribution in [-0.2, 0) is 17.5 Å². The van der Waals surface area contributed by atoms with Crippen molar-refractivity contribution in [3.63, 3.8) is 0 Å². The molecule has 2 aromatic heterocycles. The summed E-state index contributed by atoms with van der Waals surface area (Å²) in [6.07, 6.45) is -0.108. The summed E-state index contributed by atoms with van der Waals surface area (Å²) in [7, 11) is 2.10. The van der Waals surface area contributed by atoms with Gasteiger partial charge in [0, 0.05) is 58.2 Å². The molecule has 1 atom stereocenters. The van der Waals surface area contributed by atoms with Crippen LogP contribution in [0.5, 0.6) is 0 Å². The average molecular weight is 463 g/mol. The van der Waals surface area contributed by atoms with Crippen LogP contribution in [0.3, 0.4) is 0 Å². The van der Waals surface area contributed by atoms with Crippen molar-refractivity contribution in [1.29, 1.82) is 0 Å². The summed E-state index contributed by atoms with van der Waals surface area (Å²) in [5.41, 5.74) is 0.184. The van der Waals surface area contributed by atoms with E-state index in [-0.39, 0.29) is 24.2 Å². The molecule has 2 fully saturated rings. The molecule has 0 spiro atoms. The van der Waals surface area contributed by atoms with Crippen LogP contribution < -0.4 is 15.1 Å². The molecule has 1 unspecified atom stereocenters. The normalized spacial score (nSPS) is 20.1. The molecule has 1 N–H and O–H groups in total. The molecule has 4 heterocycles. The van der Waals surface area contributed by atoms with Crippen LogP contribution in [0.25, 0.3) is 0 Å². The number of carbonyl (C=O) groups excluding carboxylic acids is 1. The number of anilines is 2. The minimum absolute atomic E-state index is 0.103. The molecule has 7 nitrogen and oxygen atoms in total. The molecule has 4 rings (SSSR count). The van der Waals surface area contributed by atoms with Crippen molar-refractivity contribution < 1.29 is 18.0 Å². The van der Waals surface area contributed by atoms with Crippen molar-refractivity contribution in [3.05, 3.63) is 47.8 Å². The lowest BCUT2D eigenvalue weighted by molar-refractivity contribution is -0.137. The summed E-state index contributed by atoms with van der Waals surface area (Å²) in [6.45, 7) is 4.79. The Balaban J connectivity index is 1.36. The van der Waals surface area contributed by atoms with Crippen molar-refractivity contribution in [1.82, 2.24) is 20.2 Å². The van der Waals surface area contributed by atoms with Crippen LogP contribution in [-0.4, -0.2) is 67.1 Å². The first kappa shape index (κ1) is 23.3. The van der Waals surface area contributed by atoms with Gasteiger partial charge in [0.05, 0.1) is 11.5 Å². The lowest BCUT2D eigenvalue weighted by Crippen LogP contribution is -2.45. The highest BCUT2D eigenvalue weighted by Crippen LogP contribution is 2.36. The second-order valence-electron chi connectivity index (χ2n) is 8.69. The monoisotopic (exact) mass is 462 g/mol. The molecule has 0 bridgehead atoms. The highest BCUT2D eigenvalue weighted by atomic mass is 19.4. The Labute approximate surface area is 191 Å². The summed E-state index contributed by atoms with van der Waals surface area (Å²) in [4.78, 5) is 27.4. The van der Waals surface area contributed by atoms with Gasteiger partial charge in [-0.3, -0.25) is 4.79 Å². The zero-order valence-electron chi connectivity index (χ0n) is 18.7. The first-order chi connectivity index (χ1) is 15.8. The van der Waals surface area contributed by atoms with E-state index in [0.29, 0.717) is 25.9 Å². The van der Waals surface area contributed by atoms with Crippen LogP contribution in [0.15, 0.2) is 36.7 Å². The highest BCUT2D eigenvalue weighted by molar-refractivity contribution is 5.79. The Morgan fingerprint density at radius 3 is 2.64 bits per heavy atom. The number of pyridine rings is 2. The summed E-state index contributed by atoms with van der Waals surface area (Å²) < 4.78 is 40.2. The van der Waals surface area contributed by atoms with Crippen LogP contribution in [0.1, 0.15) is 24.0 Å². The number of alkyl halides is 3. The number of amides is 1. The van der Waals surface area contributed by atoms with Gasteiger partial charge in [0.15, 0.2) is 0 Å². The molecule has 0 aromatic carbocycles. The van der Waals surface area contributed by atoms with Crippen molar-refractivity contribution in [3.8, 4) is 0 Å². The van der Waals surface area contributed by atoms with Crippen LogP contribution in [0.4, 0.5) is 24.8 Å². The van der Waals surface area contributed by atoms with Crippen molar-refractivity contribution in [2.45, 2.75) is 25.6 Å². The van der Waals surface area contributed by atoms with E-state index < -0.39 is 11.7 Å². The Kier molecular flexibility index (Phi) is 7.02. The topological polar surface area (TPSA) is 64.6 Å². The van der Waals surface area contributed by atoms with Gasteiger partial charge in [0.2, 0.25) is 5.91 Å². The molecule has 2 aromatic rings.